The third kappa shape index (κ3) is 2.61. The third-order valence-corrected chi connectivity index (χ3v) is 3.83. The average Bonchev–Trinajstić information content (AvgIpc) is 2.88. The van der Waals surface area contributed by atoms with Gasteiger partial charge in [0.15, 0.2) is 0 Å². The molecule has 0 fully saturated rings. The number of benzene rings is 2. The first-order valence-corrected chi connectivity index (χ1v) is 7.43. The van der Waals surface area contributed by atoms with Gasteiger partial charge in [-0.05, 0) is 30.5 Å². The Morgan fingerprint density at radius 3 is 2.68 bits per heavy atom. The number of hydrogen-bond donors (Lipinski definition) is 1. The van der Waals surface area contributed by atoms with E-state index in [1.165, 1.54) is 4.90 Å². The number of nitrogens with one attached hydrogen (secondary N) is 1. The van der Waals surface area contributed by atoms with Crippen LogP contribution in [-0.4, -0.2) is 6.26 Å². The highest BCUT2D eigenvalue weighted by Gasteiger charge is 2.04. The Kier molecular flexibility index (Phi) is 3.47. The Morgan fingerprint density at radius 1 is 1.05 bits per heavy atom. The van der Waals surface area contributed by atoms with Crippen LogP contribution in [0, 0.1) is 0 Å². The summed E-state index contributed by atoms with van der Waals surface area (Å²) >= 11 is 1.74. The Labute approximate surface area is 116 Å². The molecule has 1 N–H and O–H groups in total. The Hall–Kier alpha value is -1.87. The van der Waals surface area contributed by atoms with E-state index in [-0.39, 0.29) is 0 Å². The van der Waals surface area contributed by atoms with Gasteiger partial charge in [-0.1, -0.05) is 30.3 Å². The average molecular weight is 269 g/mol. The first kappa shape index (κ1) is 12.2. The second-order valence-electron chi connectivity index (χ2n) is 4.30. The Bertz CT molecular complexity index is 657. The number of hydrogen-bond acceptors (Lipinski definition) is 3. The van der Waals surface area contributed by atoms with Crippen LogP contribution >= 0.6 is 11.8 Å². The van der Waals surface area contributed by atoms with E-state index in [9.17, 15) is 0 Å². The van der Waals surface area contributed by atoms with Crippen LogP contribution in [-0.2, 0) is 6.54 Å². The van der Waals surface area contributed by atoms with Crippen LogP contribution < -0.4 is 5.32 Å². The van der Waals surface area contributed by atoms with Crippen LogP contribution in [0.15, 0.2) is 63.9 Å². The van der Waals surface area contributed by atoms with Crippen molar-refractivity contribution in [2.45, 2.75) is 11.4 Å². The fraction of sp³-hybridized carbons (Fsp3) is 0.125. The number of rotatable bonds is 4. The van der Waals surface area contributed by atoms with Crippen LogP contribution in [0.1, 0.15) is 5.76 Å². The van der Waals surface area contributed by atoms with Gasteiger partial charge < -0.3 is 9.73 Å². The molecule has 96 valence electrons. The minimum atomic E-state index is 0.701. The molecular weight excluding hydrogens is 254 g/mol. The van der Waals surface area contributed by atoms with Crippen LogP contribution in [0.5, 0.6) is 0 Å². The predicted octanol–water partition coefficient (Wildman–Crippen LogP) is 4.77. The lowest BCUT2D eigenvalue weighted by Crippen LogP contribution is -1.99. The van der Waals surface area contributed by atoms with Crippen LogP contribution in [0.2, 0.25) is 0 Å². The molecule has 0 radical (unpaired) electrons. The van der Waals surface area contributed by atoms with Gasteiger partial charge in [-0.25, -0.2) is 0 Å². The van der Waals surface area contributed by atoms with E-state index in [2.05, 4.69) is 41.9 Å². The van der Waals surface area contributed by atoms with Crippen LogP contribution in [0.4, 0.5) is 5.69 Å². The molecule has 2 aromatic carbocycles. The predicted molar refractivity (Wildman–Crippen MR) is 81.8 cm³/mol. The highest BCUT2D eigenvalue weighted by molar-refractivity contribution is 7.98. The van der Waals surface area contributed by atoms with Crippen molar-refractivity contribution < 1.29 is 4.42 Å². The molecule has 0 bridgehead atoms. The largest absolute Gasteiger partial charge is 0.459 e. The van der Waals surface area contributed by atoms with E-state index in [1.54, 1.807) is 11.8 Å². The highest BCUT2D eigenvalue weighted by Crippen LogP contribution is 2.26. The number of para-hydroxylation sites is 2. The number of furan rings is 1. The first-order chi connectivity index (χ1) is 9.36. The van der Waals surface area contributed by atoms with Crippen LogP contribution in [0.25, 0.3) is 11.0 Å². The minimum absolute atomic E-state index is 0.701. The molecule has 2 nitrogen and oxygen atoms in total. The van der Waals surface area contributed by atoms with Gasteiger partial charge in [-0.15, -0.1) is 11.8 Å². The number of anilines is 1. The summed E-state index contributed by atoms with van der Waals surface area (Å²) in [6.07, 6.45) is 2.09. The van der Waals surface area contributed by atoms with Gasteiger partial charge in [0.05, 0.1) is 6.54 Å². The monoisotopic (exact) mass is 269 g/mol. The molecular formula is C16H15NOS. The molecule has 0 amide bonds. The number of thioether (sulfide) groups is 1. The zero-order chi connectivity index (χ0) is 13.1. The smallest absolute Gasteiger partial charge is 0.134 e. The van der Waals surface area contributed by atoms with Crippen molar-refractivity contribution in [1.29, 1.82) is 0 Å². The van der Waals surface area contributed by atoms with Crippen molar-refractivity contribution in [1.82, 2.24) is 0 Å². The second kappa shape index (κ2) is 5.41. The lowest BCUT2D eigenvalue weighted by Gasteiger charge is -2.08. The van der Waals surface area contributed by atoms with E-state index >= 15 is 0 Å². The molecule has 0 atom stereocenters. The summed E-state index contributed by atoms with van der Waals surface area (Å²) in [6, 6.07) is 18.5. The topological polar surface area (TPSA) is 25.2 Å². The Morgan fingerprint density at radius 2 is 1.84 bits per heavy atom. The van der Waals surface area contributed by atoms with Crippen molar-refractivity contribution in [3.8, 4) is 0 Å². The number of fused-ring (bicyclic) bond motifs is 1. The van der Waals surface area contributed by atoms with E-state index in [0.717, 1.165) is 22.4 Å². The molecule has 3 aromatic rings. The summed E-state index contributed by atoms with van der Waals surface area (Å²) in [5.74, 6) is 0.956. The molecule has 0 saturated heterocycles. The normalized spacial score (nSPS) is 10.8. The minimum Gasteiger partial charge on any atom is -0.459 e. The Balaban J connectivity index is 1.78. The van der Waals surface area contributed by atoms with Crippen molar-refractivity contribution >= 4 is 28.4 Å². The molecule has 0 spiro atoms. The lowest BCUT2D eigenvalue weighted by molar-refractivity contribution is 0.559. The van der Waals surface area contributed by atoms with Crippen molar-refractivity contribution in [3.63, 3.8) is 0 Å². The van der Waals surface area contributed by atoms with Gasteiger partial charge in [-0.3, -0.25) is 0 Å². The zero-order valence-corrected chi connectivity index (χ0v) is 11.5. The van der Waals surface area contributed by atoms with Gasteiger partial charge >= 0.3 is 0 Å². The maximum Gasteiger partial charge on any atom is 0.134 e. The van der Waals surface area contributed by atoms with E-state index in [0.29, 0.717) is 6.54 Å². The van der Waals surface area contributed by atoms with Crippen LogP contribution in [0.3, 0.4) is 0 Å². The molecule has 0 saturated carbocycles. The summed E-state index contributed by atoms with van der Waals surface area (Å²) in [7, 11) is 0. The zero-order valence-electron chi connectivity index (χ0n) is 10.7. The maximum absolute atomic E-state index is 5.79. The standard InChI is InChI=1S/C16H15NOS/c1-19-16-9-5-3-7-14(16)17-11-13-10-12-6-2-4-8-15(12)18-13/h2-10,17H,11H2,1H3. The maximum atomic E-state index is 5.79. The first-order valence-electron chi connectivity index (χ1n) is 6.21. The summed E-state index contributed by atoms with van der Waals surface area (Å²) in [5.41, 5.74) is 2.09. The molecule has 1 heterocycles. The summed E-state index contributed by atoms with van der Waals surface area (Å²) in [5, 5.41) is 4.58. The molecule has 3 rings (SSSR count). The summed E-state index contributed by atoms with van der Waals surface area (Å²) in [6.45, 7) is 0.701. The van der Waals surface area contributed by atoms with Crippen molar-refractivity contribution in [2.24, 2.45) is 0 Å². The van der Waals surface area contributed by atoms with E-state index in [1.807, 2.05) is 24.3 Å². The fourth-order valence-corrected chi connectivity index (χ4v) is 2.67. The van der Waals surface area contributed by atoms with Crippen molar-refractivity contribution in [2.75, 3.05) is 11.6 Å². The third-order valence-electron chi connectivity index (χ3n) is 3.04. The molecule has 0 aliphatic carbocycles. The SMILES string of the molecule is CSc1ccccc1NCc1cc2ccccc2o1. The highest BCUT2D eigenvalue weighted by atomic mass is 32.2. The van der Waals surface area contributed by atoms with E-state index < -0.39 is 0 Å². The quantitative estimate of drug-likeness (QED) is 0.691. The van der Waals surface area contributed by atoms with Crippen molar-refractivity contribution in [3.05, 3.63) is 60.4 Å². The summed E-state index contributed by atoms with van der Waals surface area (Å²) < 4.78 is 5.79. The van der Waals surface area contributed by atoms with Gasteiger partial charge in [0.1, 0.15) is 11.3 Å². The lowest BCUT2D eigenvalue weighted by atomic mass is 10.2. The molecule has 0 unspecified atom stereocenters. The molecule has 0 aliphatic heterocycles. The fourth-order valence-electron chi connectivity index (χ4n) is 2.10. The van der Waals surface area contributed by atoms with Gasteiger partial charge in [0.25, 0.3) is 0 Å². The van der Waals surface area contributed by atoms with Gasteiger partial charge in [0.2, 0.25) is 0 Å². The molecule has 19 heavy (non-hydrogen) atoms. The molecule has 0 aliphatic rings. The molecule has 3 heteroatoms. The van der Waals surface area contributed by atoms with Gasteiger partial charge in [0, 0.05) is 16.0 Å². The molecule has 1 aromatic heterocycles. The summed E-state index contributed by atoms with van der Waals surface area (Å²) in [4.78, 5) is 1.25. The van der Waals surface area contributed by atoms with Gasteiger partial charge in [-0.2, -0.15) is 0 Å². The van der Waals surface area contributed by atoms with E-state index in [4.69, 9.17) is 4.42 Å². The second-order valence-corrected chi connectivity index (χ2v) is 5.15.